The van der Waals surface area contributed by atoms with Crippen molar-refractivity contribution in [2.24, 2.45) is 0 Å². The van der Waals surface area contributed by atoms with Crippen molar-refractivity contribution in [1.82, 2.24) is 5.32 Å². The summed E-state index contributed by atoms with van der Waals surface area (Å²) in [5.41, 5.74) is 1.62. The Morgan fingerprint density at radius 2 is 1.74 bits per heavy atom. The third kappa shape index (κ3) is 6.13. The van der Waals surface area contributed by atoms with Gasteiger partial charge in [0.1, 0.15) is 10.6 Å². The molecule has 0 saturated heterocycles. The van der Waals surface area contributed by atoms with Crippen LogP contribution in [0.5, 0.6) is 5.75 Å². The van der Waals surface area contributed by atoms with E-state index in [2.05, 4.69) is 10.0 Å². The fraction of sp³-hybridized carbons (Fsp3) is 0.136. The van der Waals surface area contributed by atoms with E-state index in [1.54, 1.807) is 25.3 Å². The minimum absolute atomic E-state index is 0.0457. The SMILES string of the molecule is COc1ccc(CCNC(=O)c2cccc(NS(=O)(=O)c3cc(Cl)ccc3Cl)c2)cc1. The fourth-order valence-electron chi connectivity index (χ4n) is 2.83. The molecule has 3 aromatic rings. The average molecular weight is 479 g/mol. The Hall–Kier alpha value is -2.74. The van der Waals surface area contributed by atoms with Crippen molar-refractivity contribution in [3.05, 3.63) is 87.9 Å². The number of sulfonamides is 1. The van der Waals surface area contributed by atoms with E-state index in [1.165, 1.54) is 24.3 Å². The first kappa shape index (κ1) is 22.9. The second kappa shape index (κ2) is 10.0. The molecular weight excluding hydrogens is 459 g/mol. The van der Waals surface area contributed by atoms with Crippen LogP contribution in [0.25, 0.3) is 0 Å². The lowest BCUT2D eigenvalue weighted by atomic mass is 10.1. The Balaban J connectivity index is 1.65. The van der Waals surface area contributed by atoms with Crippen LogP contribution in [0.15, 0.2) is 71.6 Å². The Morgan fingerprint density at radius 1 is 1.00 bits per heavy atom. The maximum Gasteiger partial charge on any atom is 0.263 e. The van der Waals surface area contributed by atoms with Gasteiger partial charge >= 0.3 is 0 Å². The monoisotopic (exact) mass is 478 g/mol. The predicted molar refractivity (Wildman–Crippen MR) is 123 cm³/mol. The fourth-order valence-corrected chi connectivity index (χ4v) is 4.64. The van der Waals surface area contributed by atoms with Crippen molar-refractivity contribution in [3.63, 3.8) is 0 Å². The van der Waals surface area contributed by atoms with E-state index in [-0.39, 0.29) is 26.5 Å². The standard InChI is InChI=1S/C22H20Cl2N2O4S/c1-30-19-8-5-15(6-9-19)11-12-25-22(27)16-3-2-4-18(13-16)26-31(28,29)21-14-17(23)7-10-20(21)24/h2-10,13-14,26H,11-12H2,1H3,(H,25,27). The lowest BCUT2D eigenvalue weighted by Crippen LogP contribution is -2.25. The zero-order chi connectivity index (χ0) is 22.4. The first-order valence-electron chi connectivity index (χ1n) is 9.27. The topological polar surface area (TPSA) is 84.5 Å². The molecule has 0 fully saturated rings. The van der Waals surface area contributed by atoms with Gasteiger partial charge in [-0.25, -0.2) is 8.42 Å². The summed E-state index contributed by atoms with van der Waals surface area (Å²) >= 11 is 11.9. The van der Waals surface area contributed by atoms with Crippen molar-refractivity contribution in [2.45, 2.75) is 11.3 Å². The molecule has 0 heterocycles. The van der Waals surface area contributed by atoms with Crippen LogP contribution in [-0.4, -0.2) is 28.0 Å². The Labute approximate surface area is 191 Å². The zero-order valence-corrected chi connectivity index (χ0v) is 18.9. The van der Waals surface area contributed by atoms with Crippen LogP contribution in [0.4, 0.5) is 5.69 Å². The first-order chi connectivity index (χ1) is 14.8. The molecule has 0 bridgehead atoms. The molecule has 0 aliphatic rings. The molecule has 3 rings (SSSR count). The molecule has 31 heavy (non-hydrogen) atoms. The molecule has 0 unspecified atom stereocenters. The molecule has 0 radical (unpaired) electrons. The number of halogens is 2. The van der Waals surface area contributed by atoms with Crippen molar-refractivity contribution in [3.8, 4) is 5.75 Å². The molecule has 0 spiro atoms. The molecule has 0 aromatic heterocycles. The molecule has 3 aromatic carbocycles. The number of ether oxygens (including phenoxy) is 1. The van der Waals surface area contributed by atoms with Crippen molar-refractivity contribution in [2.75, 3.05) is 18.4 Å². The van der Waals surface area contributed by atoms with E-state index in [1.807, 2.05) is 24.3 Å². The Morgan fingerprint density at radius 3 is 2.45 bits per heavy atom. The molecule has 0 saturated carbocycles. The summed E-state index contributed by atoms with van der Waals surface area (Å²) < 4.78 is 32.9. The van der Waals surface area contributed by atoms with Crippen LogP contribution in [-0.2, 0) is 16.4 Å². The van der Waals surface area contributed by atoms with Crippen molar-refractivity contribution < 1.29 is 17.9 Å². The number of carbonyl (C=O) groups is 1. The molecule has 0 aliphatic carbocycles. The number of rotatable bonds is 8. The van der Waals surface area contributed by atoms with E-state index in [0.29, 0.717) is 18.5 Å². The van der Waals surface area contributed by atoms with E-state index >= 15 is 0 Å². The van der Waals surface area contributed by atoms with Crippen LogP contribution in [0.2, 0.25) is 10.0 Å². The van der Waals surface area contributed by atoms with Gasteiger partial charge in [-0.3, -0.25) is 9.52 Å². The number of methoxy groups -OCH3 is 1. The highest BCUT2D eigenvalue weighted by Gasteiger charge is 2.19. The van der Waals surface area contributed by atoms with Crippen LogP contribution in [0.1, 0.15) is 15.9 Å². The van der Waals surface area contributed by atoms with Crippen LogP contribution < -0.4 is 14.8 Å². The van der Waals surface area contributed by atoms with Gasteiger partial charge in [0.15, 0.2) is 0 Å². The maximum absolute atomic E-state index is 12.7. The molecule has 162 valence electrons. The minimum atomic E-state index is -3.98. The zero-order valence-electron chi connectivity index (χ0n) is 16.6. The molecule has 0 atom stereocenters. The smallest absolute Gasteiger partial charge is 0.263 e. The summed E-state index contributed by atoms with van der Waals surface area (Å²) in [5.74, 6) is 0.460. The molecular formula is C22H20Cl2N2O4S. The van der Waals surface area contributed by atoms with E-state index < -0.39 is 10.0 Å². The summed E-state index contributed by atoms with van der Waals surface area (Å²) in [4.78, 5) is 12.3. The summed E-state index contributed by atoms with van der Waals surface area (Å²) in [5, 5.41) is 3.12. The highest BCUT2D eigenvalue weighted by Crippen LogP contribution is 2.27. The van der Waals surface area contributed by atoms with Crippen LogP contribution in [0, 0.1) is 0 Å². The minimum Gasteiger partial charge on any atom is -0.497 e. The highest BCUT2D eigenvalue weighted by molar-refractivity contribution is 7.92. The van der Waals surface area contributed by atoms with Crippen LogP contribution in [0.3, 0.4) is 0 Å². The van der Waals surface area contributed by atoms with E-state index in [0.717, 1.165) is 11.3 Å². The number of amides is 1. The lowest BCUT2D eigenvalue weighted by Gasteiger charge is -2.11. The van der Waals surface area contributed by atoms with Gasteiger partial charge in [-0.2, -0.15) is 0 Å². The normalized spacial score (nSPS) is 11.1. The first-order valence-corrected chi connectivity index (χ1v) is 11.5. The van der Waals surface area contributed by atoms with Gasteiger partial charge in [0.05, 0.1) is 12.1 Å². The summed E-state index contributed by atoms with van der Waals surface area (Å²) in [6.45, 7) is 0.430. The van der Waals surface area contributed by atoms with E-state index in [9.17, 15) is 13.2 Å². The number of carbonyl (C=O) groups excluding carboxylic acids is 1. The summed E-state index contributed by atoms with van der Waals surface area (Å²) in [7, 11) is -2.37. The largest absolute Gasteiger partial charge is 0.497 e. The van der Waals surface area contributed by atoms with Crippen molar-refractivity contribution >= 4 is 44.8 Å². The lowest BCUT2D eigenvalue weighted by molar-refractivity contribution is 0.0954. The van der Waals surface area contributed by atoms with Gasteiger partial charge in [0.25, 0.3) is 15.9 Å². The quantitative estimate of drug-likeness (QED) is 0.487. The number of nitrogens with one attached hydrogen (secondary N) is 2. The second-order valence-electron chi connectivity index (χ2n) is 6.62. The highest BCUT2D eigenvalue weighted by atomic mass is 35.5. The third-order valence-electron chi connectivity index (χ3n) is 4.42. The van der Waals surface area contributed by atoms with Crippen molar-refractivity contribution in [1.29, 1.82) is 0 Å². The third-order valence-corrected chi connectivity index (χ3v) is 6.52. The molecule has 6 nitrogen and oxygen atoms in total. The van der Waals surface area contributed by atoms with Gasteiger partial charge in [-0.15, -0.1) is 0 Å². The van der Waals surface area contributed by atoms with Gasteiger partial charge in [-0.05, 0) is 60.5 Å². The second-order valence-corrected chi connectivity index (χ2v) is 9.11. The van der Waals surface area contributed by atoms with Gasteiger partial charge in [0.2, 0.25) is 0 Å². The molecule has 2 N–H and O–H groups in total. The van der Waals surface area contributed by atoms with Gasteiger partial charge in [-0.1, -0.05) is 41.4 Å². The Kier molecular flexibility index (Phi) is 7.43. The average Bonchev–Trinajstić information content (AvgIpc) is 2.75. The summed E-state index contributed by atoms with van der Waals surface area (Å²) in [6, 6.07) is 18.0. The maximum atomic E-state index is 12.7. The Bertz CT molecular complexity index is 1180. The van der Waals surface area contributed by atoms with E-state index in [4.69, 9.17) is 27.9 Å². The van der Waals surface area contributed by atoms with Crippen LogP contribution >= 0.6 is 23.2 Å². The number of hydrogen-bond donors (Lipinski definition) is 2. The summed E-state index contributed by atoms with van der Waals surface area (Å²) in [6.07, 6.45) is 0.648. The number of benzene rings is 3. The molecule has 1 amide bonds. The van der Waals surface area contributed by atoms with Gasteiger partial charge in [0, 0.05) is 22.8 Å². The number of hydrogen-bond acceptors (Lipinski definition) is 4. The number of anilines is 1. The van der Waals surface area contributed by atoms with Gasteiger partial charge < -0.3 is 10.1 Å². The molecule has 9 heteroatoms. The molecule has 0 aliphatic heterocycles. The predicted octanol–water partition coefficient (Wildman–Crippen LogP) is 4.78.